The van der Waals surface area contributed by atoms with Crippen LogP contribution in [0.3, 0.4) is 0 Å². The average Bonchev–Trinajstić information content (AvgIpc) is 2.93. The van der Waals surface area contributed by atoms with Gasteiger partial charge in [0.25, 0.3) is 0 Å². The van der Waals surface area contributed by atoms with Gasteiger partial charge in [-0.3, -0.25) is 4.79 Å². The van der Waals surface area contributed by atoms with E-state index in [2.05, 4.69) is 0 Å². The number of amides is 1. The van der Waals surface area contributed by atoms with E-state index in [0.717, 1.165) is 24.8 Å². The van der Waals surface area contributed by atoms with E-state index in [0.29, 0.717) is 30.5 Å². The lowest BCUT2D eigenvalue weighted by atomic mass is 9.98. The second-order valence-electron chi connectivity index (χ2n) is 6.80. The van der Waals surface area contributed by atoms with Gasteiger partial charge in [-0.25, -0.2) is 0 Å². The third-order valence-electron chi connectivity index (χ3n) is 5.16. The van der Waals surface area contributed by atoms with Crippen LogP contribution in [-0.2, 0) is 9.53 Å². The van der Waals surface area contributed by atoms with Crippen LogP contribution in [0.5, 0.6) is 0 Å². The van der Waals surface area contributed by atoms with Crippen LogP contribution < -0.4 is 5.73 Å². The van der Waals surface area contributed by atoms with Crippen molar-refractivity contribution in [1.29, 1.82) is 0 Å². The van der Waals surface area contributed by atoms with Gasteiger partial charge in [0, 0.05) is 23.0 Å². The van der Waals surface area contributed by atoms with Crippen molar-refractivity contribution < 1.29 is 9.53 Å². The van der Waals surface area contributed by atoms with Crippen LogP contribution in [0.25, 0.3) is 0 Å². The number of ether oxygens (including phenoxy) is 1. The summed E-state index contributed by atoms with van der Waals surface area (Å²) >= 11 is 6.28. The second kappa shape index (κ2) is 7.20. The summed E-state index contributed by atoms with van der Waals surface area (Å²) in [5.74, 6) is 0.525. The van der Waals surface area contributed by atoms with Gasteiger partial charge in [0.2, 0.25) is 5.91 Å². The Balaban J connectivity index is 1.68. The highest BCUT2D eigenvalue weighted by Gasteiger charge is 2.34. The molecule has 23 heavy (non-hydrogen) atoms. The fraction of sp³-hybridized carbons (Fsp3) is 0.611. The predicted molar refractivity (Wildman–Crippen MR) is 91.3 cm³/mol. The molecule has 2 fully saturated rings. The molecule has 0 radical (unpaired) electrons. The first kappa shape index (κ1) is 16.7. The summed E-state index contributed by atoms with van der Waals surface area (Å²) in [5, 5.41) is 0.692. The topological polar surface area (TPSA) is 55.6 Å². The Morgan fingerprint density at radius 1 is 1.39 bits per heavy atom. The molecule has 1 amide bonds. The Bertz CT molecular complexity index is 566. The van der Waals surface area contributed by atoms with Crippen LogP contribution in [0.15, 0.2) is 24.3 Å². The summed E-state index contributed by atoms with van der Waals surface area (Å²) in [4.78, 5) is 14.7. The molecule has 3 rings (SSSR count). The first-order chi connectivity index (χ1) is 11.1. The maximum absolute atomic E-state index is 12.8. The molecule has 126 valence electrons. The molecule has 0 spiro atoms. The van der Waals surface area contributed by atoms with E-state index in [9.17, 15) is 4.79 Å². The number of nitrogens with two attached hydrogens (primary N) is 1. The molecule has 0 bridgehead atoms. The van der Waals surface area contributed by atoms with Gasteiger partial charge in [-0.1, -0.05) is 36.2 Å². The van der Waals surface area contributed by atoms with Gasteiger partial charge in [0.05, 0.1) is 19.2 Å². The Hall–Kier alpha value is -1.10. The van der Waals surface area contributed by atoms with Crippen molar-refractivity contribution in [2.45, 2.75) is 50.8 Å². The molecule has 1 aliphatic carbocycles. The normalized spacial score (nSPS) is 31.3. The van der Waals surface area contributed by atoms with Crippen LogP contribution in [0.2, 0.25) is 5.02 Å². The van der Waals surface area contributed by atoms with E-state index < -0.39 is 0 Å². The van der Waals surface area contributed by atoms with E-state index in [-0.39, 0.29) is 24.1 Å². The molecular weight excluding hydrogens is 312 g/mol. The first-order valence-corrected chi connectivity index (χ1v) is 8.85. The van der Waals surface area contributed by atoms with Crippen LogP contribution >= 0.6 is 11.6 Å². The average molecular weight is 337 g/mol. The van der Waals surface area contributed by atoms with Crippen LogP contribution in [0.4, 0.5) is 0 Å². The highest BCUT2D eigenvalue weighted by atomic mass is 35.5. The van der Waals surface area contributed by atoms with E-state index in [1.165, 1.54) is 0 Å². The minimum atomic E-state index is -0.152. The number of rotatable bonds is 3. The van der Waals surface area contributed by atoms with Crippen molar-refractivity contribution in [2.75, 3.05) is 13.2 Å². The number of hydrogen-bond donors (Lipinski definition) is 1. The molecule has 4 nitrogen and oxygen atoms in total. The summed E-state index contributed by atoms with van der Waals surface area (Å²) in [7, 11) is 0. The van der Waals surface area contributed by atoms with E-state index >= 15 is 0 Å². The van der Waals surface area contributed by atoms with Gasteiger partial charge in [0.15, 0.2) is 0 Å². The number of carbonyl (C=O) groups excluding carboxylic acids is 1. The molecule has 1 aliphatic heterocycles. The smallest absolute Gasteiger partial charge is 0.223 e. The van der Waals surface area contributed by atoms with E-state index in [4.69, 9.17) is 22.1 Å². The SMILES string of the molecule is CC1COC(c2ccccc2Cl)CN1C(=O)C[C@@H]1CCC[C@H]1N. The van der Waals surface area contributed by atoms with Gasteiger partial charge >= 0.3 is 0 Å². The molecule has 1 saturated carbocycles. The van der Waals surface area contributed by atoms with Crippen molar-refractivity contribution in [3.63, 3.8) is 0 Å². The Morgan fingerprint density at radius 3 is 2.87 bits per heavy atom. The first-order valence-electron chi connectivity index (χ1n) is 8.47. The molecule has 2 aliphatic rings. The molecule has 2 N–H and O–H groups in total. The monoisotopic (exact) mass is 336 g/mol. The quantitative estimate of drug-likeness (QED) is 0.922. The lowest BCUT2D eigenvalue weighted by molar-refractivity contribution is -0.145. The minimum absolute atomic E-state index is 0.0962. The number of hydrogen-bond acceptors (Lipinski definition) is 3. The molecule has 1 aromatic rings. The molecule has 4 atom stereocenters. The summed E-state index contributed by atoms with van der Waals surface area (Å²) < 4.78 is 5.93. The van der Waals surface area contributed by atoms with Crippen molar-refractivity contribution in [3.8, 4) is 0 Å². The van der Waals surface area contributed by atoms with E-state index in [1.807, 2.05) is 36.1 Å². The highest BCUT2D eigenvalue weighted by molar-refractivity contribution is 6.31. The summed E-state index contributed by atoms with van der Waals surface area (Å²) in [6.07, 6.45) is 3.65. The molecule has 1 saturated heterocycles. The minimum Gasteiger partial charge on any atom is -0.369 e. The summed E-state index contributed by atoms with van der Waals surface area (Å²) in [6, 6.07) is 7.96. The van der Waals surface area contributed by atoms with Crippen molar-refractivity contribution in [2.24, 2.45) is 11.7 Å². The number of morpholine rings is 1. The van der Waals surface area contributed by atoms with Crippen molar-refractivity contribution in [1.82, 2.24) is 4.90 Å². The van der Waals surface area contributed by atoms with Crippen LogP contribution in [-0.4, -0.2) is 36.0 Å². The molecular formula is C18H25ClN2O2. The molecule has 1 heterocycles. The van der Waals surface area contributed by atoms with E-state index in [1.54, 1.807) is 0 Å². The number of benzene rings is 1. The van der Waals surface area contributed by atoms with Gasteiger partial charge in [-0.2, -0.15) is 0 Å². The fourth-order valence-corrected chi connectivity index (χ4v) is 3.95. The van der Waals surface area contributed by atoms with Gasteiger partial charge in [-0.15, -0.1) is 0 Å². The molecule has 0 aromatic heterocycles. The van der Waals surface area contributed by atoms with Gasteiger partial charge in [0.1, 0.15) is 6.10 Å². The zero-order chi connectivity index (χ0) is 16.4. The third-order valence-corrected chi connectivity index (χ3v) is 5.50. The lowest BCUT2D eigenvalue weighted by Gasteiger charge is -2.39. The Kier molecular flexibility index (Phi) is 5.24. The number of nitrogens with zero attached hydrogens (tertiary/aromatic N) is 1. The summed E-state index contributed by atoms with van der Waals surface area (Å²) in [5.41, 5.74) is 7.07. The largest absolute Gasteiger partial charge is 0.369 e. The molecule has 1 aromatic carbocycles. The number of halogens is 1. The summed E-state index contributed by atoms with van der Waals surface area (Å²) in [6.45, 7) is 3.14. The third kappa shape index (κ3) is 3.70. The second-order valence-corrected chi connectivity index (χ2v) is 7.20. The number of carbonyl (C=O) groups is 1. The van der Waals surface area contributed by atoms with Crippen LogP contribution in [0.1, 0.15) is 44.3 Å². The zero-order valence-corrected chi connectivity index (χ0v) is 14.3. The van der Waals surface area contributed by atoms with Gasteiger partial charge in [-0.05, 0) is 31.7 Å². The lowest BCUT2D eigenvalue weighted by Crippen LogP contribution is -2.49. The maximum atomic E-state index is 12.8. The molecule has 5 heteroatoms. The Labute approximate surface area is 142 Å². The highest BCUT2D eigenvalue weighted by Crippen LogP contribution is 2.32. The van der Waals surface area contributed by atoms with Crippen molar-refractivity contribution >= 4 is 17.5 Å². The fourth-order valence-electron chi connectivity index (χ4n) is 3.69. The van der Waals surface area contributed by atoms with Crippen molar-refractivity contribution in [3.05, 3.63) is 34.9 Å². The molecule has 2 unspecified atom stereocenters. The maximum Gasteiger partial charge on any atom is 0.223 e. The Morgan fingerprint density at radius 2 is 2.17 bits per heavy atom. The zero-order valence-electron chi connectivity index (χ0n) is 13.6. The predicted octanol–water partition coefficient (Wildman–Crippen LogP) is 3.15. The van der Waals surface area contributed by atoms with Gasteiger partial charge < -0.3 is 15.4 Å². The standard InChI is InChI=1S/C18H25ClN2O2/c1-12-11-23-17(14-6-2-3-7-15(14)19)10-21(12)18(22)9-13-5-4-8-16(13)20/h2-3,6-7,12-13,16-17H,4-5,8-11,20H2,1H3/t12?,13-,16+,17?/m0/s1. The van der Waals surface area contributed by atoms with Crippen LogP contribution in [0, 0.1) is 5.92 Å².